The van der Waals surface area contributed by atoms with E-state index in [1.165, 1.54) is 0 Å². The molecule has 0 saturated carbocycles. The van der Waals surface area contributed by atoms with E-state index in [4.69, 9.17) is 0 Å². The lowest BCUT2D eigenvalue weighted by atomic mass is 10.5. The molecule has 0 aliphatic heterocycles. The summed E-state index contributed by atoms with van der Waals surface area (Å²) in [4.78, 5) is 0. The zero-order valence-corrected chi connectivity index (χ0v) is 6.75. The van der Waals surface area contributed by atoms with Crippen LogP contribution < -0.4 is 0 Å². The molecule has 9 heavy (non-hydrogen) atoms. The highest BCUT2D eigenvalue weighted by Crippen LogP contribution is 2.04. The Balaban J connectivity index is 2.91. The third-order valence-corrected chi connectivity index (χ3v) is 1.92. The second-order valence-corrected chi connectivity index (χ2v) is 2.96. The molecule has 0 aliphatic carbocycles. The molecule has 0 aliphatic rings. The predicted octanol–water partition coefficient (Wildman–Crippen LogP) is 2.65. The third-order valence-electron chi connectivity index (χ3n) is 0.797. The Morgan fingerprint density at radius 2 is 2.33 bits per heavy atom. The standard InChI is InChI=1S/C7H13FS/c1-3-4-5-9-6-7(2)8/h3-4,7H,5-6H2,1-2H3/b4-3-. The van der Waals surface area contributed by atoms with Crippen molar-refractivity contribution in [2.24, 2.45) is 0 Å². The first kappa shape index (κ1) is 9.02. The number of alkyl halides is 1. The van der Waals surface area contributed by atoms with Gasteiger partial charge < -0.3 is 0 Å². The summed E-state index contributed by atoms with van der Waals surface area (Å²) in [5.74, 6) is 1.55. The van der Waals surface area contributed by atoms with Crippen molar-refractivity contribution < 1.29 is 4.39 Å². The predicted molar refractivity (Wildman–Crippen MR) is 42.7 cm³/mol. The lowest BCUT2D eigenvalue weighted by molar-refractivity contribution is 0.398. The van der Waals surface area contributed by atoms with Crippen molar-refractivity contribution in [1.29, 1.82) is 0 Å². The number of allylic oxidation sites excluding steroid dienone is 1. The van der Waals surface area contributed by atoms with Crippen LogP contribution in [0, 0.1) is 0 Å². The average Bonchev–Trinajstić information content (AvgIpc) is 1.80. The lowest BCUT2D eigenvalue weighted by Crippen LogP contribution is -1.95. The Bertz CT molecular complexity index is 79.0. The molecule has 0 radical (unpaired) electrons. The molecule has 0 fully saturated rings. The molecule has 0 aromatic heterocycles. The van der Waals surface area contributed by atoms with E-state index in [1.54, 1.807) is 18.7 Å². The quantitative estimate of drug-likeness (QED) is 0.436. The minimum atomic E-state index is -0.666. The minimum Gasteiger partial charge on any atom is -0.247 e. The fourth-order valence-electron chi connectivity index (χ4n) is 0.395. The van der Waals surface area contributed by atoms with Gasteiger partial charge >= 0.3 is 0 Å². The van der Waals surface area contributed by atoms with Crippen LogP contribution in [-0.2, 0) is 0 Å². The Labute approximate surface area is 60.5 Å². The van der Waals surface area contributed by atoms with E-state index >= 15 is 0 Å². The van der Waals surface area contributed by atoms with Gasteiger partial charge in [-0.05, 0) is 13.8 Å². The van der Waals surface area contributed by atoms with Gasteiger partial charge in [0.05, 0.1) is 0 Å². The first-order valence-electron chi connectivity index (χ1n) is 3.10. The molecule has 0 saturated heterocycles. The van der Waals surface area contributed by atoms with Gasteiger partial charge in [-0.25, -0.2) is 4.39 Å². The molecule has 0 aromatic rings. The van der Waals surface area contributed by atoms with Crippen LogP contribution in [0.2, 0.25) is 0 Å². The molecular formula is C7H13FS. The van der Waals surface area contributed by atoms with Crippen LogP contribution in [-0.4, -0.2) is 17.7 Å². The van der Waals surface area contributed by atoms with E-state index in [9.17, 15) is 4.39 Å². The summed E-state index contributed by atoms with van der Waals surface area (Å²) in [6, 6.07) is 0. The van der Waals surface area contributed by atoms with Crippen molar-refractivity contribution in [2.75, 3.05) is 11.5 Å². The Kier molecular flexibility index (Phi) is 6.16. The number of hydrogen-bond acceptors (Lipinski definition) is 1. The van der Waals surface area contributed by atoms with Gasteiger partial charge in [0, 0.05) is 11.5 Å². The average molecular weight is 148 g/mol. The summed E-state index contributed by atoms with van der Waals surface area (Å²) >= 11 is 1.62. The molecule has 0 bridgehead atoms. The van der Waals surface area contributed by atoms with Crippen molar-refractivity contribution in [2.45, 2.75) is 20.0 Å². The Morgan fingerprint density at radius 1 is 1.67 bits per heavy atom. The van der Waals surface area contributed by atoms with Gasteiger partial charge in [0.1, 0.15) is 6.17 Å². The largest absolute Gasteiger partial charge is 0.247 e. The summed E-state index contributed by atoms with van der Waals surface area (Å²) in [6.07, 6.45) is 3.35. The molecule has 0 nitrogen and oxygen atoms in total. The van der Waals surface area contributed by atoms with Gasteiger partial charge in [-0.15, -0.1) is 0 Å². The van der Waals surface area contributed by atoms with Crippen LogP contribution >= 0.6 is 11.8 Å². The summed E-state index contributed by atoms with van der Waals surface area (Å²) in [5.41, 5.74) is 0. The smallest absolute Gasteiger partial charge is 0.106 e. The number of thioether (sulfide) groups is 1. The van der Waals surface area contributed by atoms with Gasteiger partial charge in [0.2, 0.25) is 0 Å². The molecule has 1 unspecified atom stereocenters. The van der Waals surface area contributed by atoms with E-state index < -0.39 is 6.17 Å². The zero-order chi connectivity index (χ0) is 7.11. The summed E-state index contributed by atoms with van der Waals surface area (Å²) < 4.78 is 12.1. The Morgan fingerprint density at radius 3 is 2.78 bits per heavy atom. The maximum atomic E-state index is 12.1. The molecule has 0 rings (SSSR count). The summed E-state index contributed by atoms with van der Waals surface area (Å²) in [6.45, 7) is 3.56. The SMILES string of the molecule is C/C=C\CSCC(C)F. The topological polar surface area (TPSA) is 0 Å². The van der Waals surface area contributed by atoms with Crippen molar-refractivity contribution in [3.8, 4) is 0 Å². The van der Waals surface area contributed by atoms with Crippen LogP contribution in [0.4, 0.5) is 4.39 Å². The second kappa shape index (κ2) is 6.14. The summed E-state index contributed by atoms with van der Waals surface area (Å²) in [7, 11) is 0. The number of halogens is 1. The lowest BCUT2D eigenvalue weighted by Gasteiger charge is -1.96. The molecule has 0 heterocycles. The van der Waals surface area contributed by atoms with Crippen molar-refractivity contribution in [3.63, 3.8) is 0 Å². The van der Waals surface area contributed by atoms with Crippen LogP contribution in [0.3, 0.4) is 0 Å². The van der Waals surface area contributed by atoms with Crippen LogP contribution in [0.5, 0.6) is 0 Å². The molecule has 0 N–H and O–H groups in total. The highest BCUT2D eigenvalue weighted by molar-refractivity contribution is 7.99. The van der Waals surface area contributed by atoms with E-state index in [1.807, 2.05) is 19.1 Å². The van der Waals surface area contributed by atoms with Crippen LogP contribution in [0.1, 0.15) is 13.8 Å². The molecule has 0 amide bonds. The van der Waals surface area contributed by atoms with Crippen LogP contribution in [0.15, 0.2) is 12.2 Å². The van der Waals surface area contributed by atoms with E-state index in [0.717, 1.165) is 5.75 Å². The van der Waals surface area contributed by atoms with Gasteiger partial charge in [-0.3, -0.25) is 0 Å². The van der Waals surface area contributed by atoms with Crippen molar-refractivity contribution in [1.82, 2.24) is 0 Å². The monoisotopic (exact) mass is 148 g/mol. The molecule has 54 valence electrons. The minimum absolute atomic E-state index is 0.615. The zero-order valence-electron chi connectivity index (χ0n) is 5.93. The van der Waals surface area contributed by atoms with E-state index in [-0.39, 0.29) is 0 Å². The molecule has 2 heteroatoms. The molecule has 0 aromatic carbocycles. The van der Waals surface area contributed by atoms with Gasteiger partial charge in [-0.1, -0.05) is 12.2 Å². The maximum Gasteiger partial charge on any atom is 0.106 e. The maximum absolute atomic E-state index is 12.1. The Hall–Kier alpha value is 0.0200. The first-order valence-corrected chi connectivity index (χ1v) is 4.25. The second-order valence-electron chi connectivity index (χ2n) is 1.89. The van der Waals surface area contributed by atoms with E-state index in [0.29, 0.717) is 5.75 Å². The van der Waals surface area contributed by atoms with Gasteiger partial charge in [0.25, 0.3) is 0 Å². The van der Waals surface area contributed by atoms with E-state index in [2.05, 4.69) is 0 Å². The highest BCUT2D eigenvalue weighted by Gasteiger charge is 1.94. The third kappa shape index (κ3) is 8.02. The molecule has 0 spiro atoms. The van der Waals surface area contributed by atoms with Gasteiger partial charge in [0.15, 0.2) is 0 Å². The fraction of sp³-hybridized carbons (Fsp3) is 0.714. The first-order chi connectivity index (χ1) is 4.27. The fourth-order valence-corrected chi connectivity index (χ4v) is 1.18. The number of rotatable bonds is 4. The molecular weight excluding hydrogens is 135 g/mol. The van der Waals surface area contributed by atoms with Crippen molar-refractivity contribution in [3.05, 3.63) is 12.2 Å². The highest BCUT2D eigenvalue weighted by atomic mass is 32.2. The normalized spacial score (nSPS) is 14.6. The molecule has 1 atom stereocenters. The summed E-state index contributed by atoms with van der Waals surface area (Å²) in [5, 5.41) is 0. The number of hydrogen-bond donors (Lipinski definition) is 0. The van der Waals surface area contributed by atoms with Crippen molar-refractivity contribution >= 4 is 11.8 Å². The van der Waals surface area contributed by atoms with Crippen LogP contribution in [0.25, 0.3) is 0 Å². The van der Waals surface area contributed by atoms with Gasteiger partial charge in [-0.2, -0.15) is 11.8 Å².